The lowest BCUT2D eigenvalue weighted by atomic mass is 9.94. The second-order valence-electron chi connectivity index (χ2n) is 8.65. The molecule has 5 nitrogen and oxygen atoms in total. The van der Waals surface area contributed by atoms with Crippen LogP contribution in [0.15, 0.2) is 35.9 Å². The summed E-state index contributed by atoms with van der Waals surface area (Å²) < 4.78 is 10.8. The fraction of sp³-hybridized carbons (Fsp3) is 0.640. The van der Waals surface area contributed by atoms with Crippen molar-refractivity contribution in [1.82, 2.24) is 9.80 Å². The number of carbonyl (C=O) groups is 1. The van der Waals surface area contributed by atoms with E-state index in [9.17, 15) is 4.79 Å². The molecule has 3 rings (SSSR count). The molecule has 2 aliphatic rings. The van der Waals surface area contributed by atoms with E-state index in [1.54, 1.807) is 14.2 Å². The Kier molecular flexibility index (Phi) is 9.22. The Bertz CT molecular complexity index is 695. The lowest BCUT2D eigenvalue weighted by Gasteiger charge is -2.35. The number of benzene rings is 1. The Balaban J connectivity index is 1.49. The second-order valence-corrected chi connectivity index (χ2v) is 8.65. The first-order valence-electron chi connectivity index (χ1n) is 11.5. The summed E-state index contributed by atoms with van der Waals surface area (Å²) in [6, 6.07) is 8.27. The van der Waals surface area contributed by atoms with Crippen molar-refractivity contribution in [3.8, 4) is 5.75 Å². The monoisotopic (exact) mass is 414 g/mol. The second kappa shape index (κ2) is 12.1. The third-order valence-corrected chi connectivity index (χ3v) is 6.45. The van der Waals surface area contributed by atoms with Gasteiger partial charge in [-0.1, -0.05) is 29.8 Å². The summed E-state index contributed by atoms with van der Waals surface area (Å²) in [6.45, 7) is 5.23. The van der Waals surface area contributed by atoms with E-state index in [4.69, 9.17) is 9.47 Å². The number of hydrogen-bond acceptors (Lipinski definition) is 4. The molecule has 1 aromatic rings. The summed E-state index contributed by atoms with van der Waals surface area (Å²) in [7, 11) is 3.45. The zero-order valence-corrected chi connectivity index (χ0v) is 18.8. The number of para-hydroxylation sites is 1. The summed E-state index contributed by atoms with van der Waals surface area (Å²) in [5, 5.41) is 0. The van der Waals surface area contributed by atoms with Gasteiger partial charge in [0.25, 0.3) is 0 Å². The van der Waals surface area contributed by atoms with Crippen LogP contribution >= 0.6 is 0 Å². The lowest BCUT2D eigenvalue weighted by Crippen LogP contribution is -2.42. The zero-order valence-electron chi connectivity index (χ0n) is 18.8. The van der Waals surface area contributed by atoms with Crippen LogP contribution in [0, 0.1) is 5.92 Å². The molecular weight excluding hydrogens is 376 g/mol. The van der Waals surface area contributed by atoms with Gasteiger partial charge in [-0.15, -0.1) is 0 Å². The normalized spacial score (nSPS) is 18.1. The van der Waals surface area contributed by atoms with Crippen molar-refractivity contribution < 1.29 is 14.3 Å². The molecule has 1 fully saturated rings. The summed E-state index contributed by atoms with van der Waals surface area (Å²) in [4.78, 5) is 17.5. The quantitative estimate of drug-likeness (QED) is 0.536. The highest BCUT2D eigenvalue weighted by Gasteiger charge is 2.24. The van der Waals surface area contributed by atoms with Crippen LogP contribution in [0.1, 0.15) is 50.5 Å². The van der Waals surface area contributed by atoms with E-state index >= 15 is 0 Å². The van der Waals surface area contributed by atoms with Crippen molar-refractivity contribution >= 4 is 5.91 Å². The first-order chi connectivity index (χ1) is 14.7. The topological polar surface area (TPSA) is 42.0 Å². The van der Waals surface area contributed by atoms with E-state index in [1.165, 1.54) is 24.0 Å². The number of nitrogens with zero attached hydrogens (tertiary/aromatic N) is 2. The Morgan fingerprint density at radius 2 is 1.97 bits per heavy atom. The highest BCUT2D eigenvalue weighted by Crippen LogP contribution is 2.25. The van der Waals surface area contributed by atoms with Crippen LogP contribution in [0.5, 0.6) is 5.75 Å². The predicted molar refractivity (Wildman–Crippen MR) is 121 cm³/mol. The van der Waals surface area contributed by atoms with Gasteiger partial charge in [0.2, 0.25) is 5.91 Å². The molecule has 0 saturated carbocycles. The molecule has 0 bridgehead atoms. The Morgan fingerprint density at radius 1 is 1.17 bits per heavy atom. The molecule has 1 aromatic carbocycles. The molecule has 0 unspecified atom stereocenters. The maximum Gasteiger partial charge on any atom is 0.226 e. The minimum absolute atomic E-state index is 0.275. The Morgan fingerprint density at radius 3 is 2.67 bits per heavy atom. The summed E-state index contributed by atoms with van der Waals surface area (Å²) in [5.74, 6) is 1.81. The molecule has 1 saturated heterocycles. The van der Waals surface area contributed by atoms with Gasteiger partial charge in [-0.05, 0) is 63.6 Å². The number of hydrogen-bond donors (Lipinski definition) is 0. The van der Waals surface area contributed by atoms with Crippen LogP contribution in [0.25, 0.3) is 0 Å². The largest absolute Gasteiger partial charge is 0.496 e. The molecule has 0 spiro atoms. The third kappa shape index (κ3) is 6.85. The number of amides is 1. The maximum atomic E-state index is 13.0. The van der Waals surface area contributed by atoms with E-state index in [2.05, 4.69) is 28.0 Å². The minimum atomic E-state index is 0.275. The molecule has 0 atom stereocenters. The predicted octanol–water partition coefficient (Wildman–Crippen LogP) is 4.27. The van der Waals surface area contributed by atoms with E-state index < -0.39 is 0 Å². The first-order valence-corrected chi connectivity index (χ1v) is 11.5. The van der Waals surface area contributed by atoms with Crippen LogP contribution in [0.2, 0.25) is 0 Å². The molecule has 0 N–H and O–H groups in total. The Labute approximate surface area is 182 Å². The van der Waals surface area contributed by atoms with Crippen LogP contribution in [-0.4, -0.2) is 62.7 Å². The number of rotatable bonds is 10. The highest BCUT2D eigenvalue weighted by atomic mass is 16.5. The van der Waals surface area contributed by atoms with Gasteiger partial charge in [0.05, 0.1) is 13.7 Å². The number of allylic oxidation sites excluding steroid dienone is 1. The van der Waals surface area contributed by atoms with Gasteiger partial charge < -0.3 is 14.4 Å². The van der Waals surface area contributed by atoms with Gasteiger partial charge in [-0.25, -0.2) is 0 Å². The minimum Gasteiger partial charge on any atom is -0.496 e. The van der Waals surface area contributed by atoms with Gasteiger partial charge >= 0.3 is 0 Å². The fourth-order valence-electron chi connectivity index (χ4n) is 4.60. The number of ether oxygens (including phenoxy) is 2. The molecular formula is C25H38N2O3. The molecule has 0 aromatic heterocycles. The van der Waals surface area contributed by atoms with Crippen LogP contribution in [-0.2, 0) is 16.1 Å². The molecule has 166 valence electrons. The summed E-state index contributed by atoms with van der Waals surface area (Å²) >= 11 is 0. The number of likely N-dealkylation sites (tertiary alicyclic amines) is 1. The number of carbonyl (C=O) groups excluding carboxylic acids is 1. The standard InChI is InChI=1S/C25H38N2O3/c1-29-17-16-27(25(28)18-21-8-4-3-5-9-21)19-22-12-14-26(15-13-22)20-23-10-6-7-11-24(23)30-2/h6-8,10-11,22H,3-5,9,12-20H2,1-2H3. The van der Waals surface area contributed by atoms with E-state index in [-0.39, 0.29) is 5.91 Å². The van der Waals surface area contributed by atoms with Crippen LogP contribution in [0.4, 0.5) is 0 Å². The highest BCUT2D eigenvalue weighted by molar-refractivity contribution is 5.78. The van der Waals surface area contributed by atoms with Crippen molar-refractivity contribution in [2.24, 2.45) is 5.92 Å². The smallest absolute Gasteiger partial charge is 0.226 e. The van der Waals surface area contributed by atoms with Gasteiger partial charge in [-0.2, -0.15) is 0 Å². The van der Waals surface area contributed by atoms with Crippen molar-refractivity contribution in [2.45, 2.75) is 51.5 Å². The van der Waals surface area contributed by atoms with Crippen LogP contribution < -0.4 is 4.74 Å². The fourth-order valence-corrected chi connectivity index (χ4v) is 4.60. The van der Waals surface area contributed by atoms with Gasteiger partial charge in [0.1, 0.15) is 5.75 Å². The SMILES string of the molecule is COCCN(CC1CCN(Cc2ccccc2OC)CC1)C(=O)CC1=CCCCC1. The molecule has 0 radical (unpaired) electrons. The van der Waals surface area contributed by atoms with Crippen molar-refractivity contribution in [2.75, 3.05) is 47.0 Å². The van der Waals surface area contributed by atoms with E-state index in [1.807, 2.05) is 12.1 Å². The van der Waals surface area contributed by atoms with Crippen molar-refractivity contribution in [1.29, 1.82) is 0 Å². The van der Waals surface area contributed by atoms with E-state index in [0.29, 0.717) is 25.5 Å². The third-order valence-electron chi connectivity index (χ3n) is 6.45. The summed E-state index contributed by atoms with van der Waals surface area (Å²) in [6.07, 6.45) is 9.85. The molecule has 1 amide bonds. The molecule has 1 heterocycles. The average Bonchev–Trinajstić information content (AvgIpc) is 2.78. The van der Waals surface area contributed by atoms with Gasteiger partial charge in [0, 0.05) is 38.7 Å². The zero-order chi connectivity index (χ0) is 21.2. The van der Waals surface area contributed by atoms with Crippen molar-refractivity contribution in [3.05, 3.63) is 41.5 Å². The average molecular weight is 415 g/mol. The molecule has 5 heteroatoms. The molecule has 1 aliphatic heterocycles. The first kappa shape index (κ1) is 22.8. The molecule has 1 aliphatic carbocycles. The lowest BCUT2D eigenvalue weighted by molar-refractivity contribution is -0.132. The maximum absolute atomic E-state index is 13.0. The number of methoxy groups -OCH3 is 2. The van der Waals surface area contributed by atoms with Gasteiger partial charge in [0.15, 0.2) is 0 Å². The summed E-state index contributed by atoms with van der Waals surface area (Å²) in [5.41, 5.74) is 2.58. The van der Waals surface area contributed by atoms with E-state index in [0.717, 1.165) is 57.6 Å². The van der Waals surface area contributed by atoms with Gasteiger partial charge in [-0.3, -0.25) is 9.69 Å². The van der Waals surface area contributed by atoms with Crippen molar-refractivity contribution in [3.63, 3.8) is 0 Å². The molecule has 30 heavy (non-hydrogen) atoms. The van der Waals surface area contributed by atoms with Crippen LogP contribution in [0.3, 0.4) is 0 Å². The Hall–Kier alpha value is -1.85. The number of piperidine rings is 1.